The van der Waals surface area contributed by atoms with Crippen LogP contribution in [0.4, 0.5) is 14.6 Å². The molecule has 0 radical (unpaired) electrons. The third-order valence-corrected chi connectivity index (χ3v) is 2.80. The van der Waals surface area contributed by atoms with Gasteiger partial charge in [0.15, 0.2) is 0 Å². The minimum Gasteiger partial charge on any atom is -0.477 e. The van der Waals surface area contributed by atoms with E-state index in [4.69, 9.17) is 4.74 Å². The molecule has 1 N–H and O–H groups in total. The van der Waals surface area contributed by atoms with Crippen LogP contribution in [0.5, 0.6) is 11.6 Å². The molecular weight excluding hydrogens is 292 g/mol. The largest absolute Gasteiger partial charge is 0.477 e. The number of aromatic nitrogens is 2. The van der Waals surface area contributed by atoms with Crippen LogP contribution in [-0.2, 0) is 6.54 Å². The van der Waals surface area contributed by atoms with Gasteiger partial charge in [-0.1, -0.05) is 17.7 Å². The molecule has 0 saturated heterocycles. The van der Waals surface area contributed by atoms with Crippen molar-refractivity contribution in [3.8, 4) is 11.6 Å². The summed E-state index contributed by atoms with van der Waals surface area (Å²) in [5, 5.41) is 3.02. The Morgan fingerprint density at radius 2 is 2.09 bits per heavy atom. The summed E-state index contributed by atoms with van der Waals surface area (Å²) in [6.07, 6.45) is 3.04. The number of hydrogen-bond donors (Lipinski definition) is 1. The van der Waals surface area contributed by atoms with Gasteiger partial charge in [-0.15, -0.1) is 0 Å². The molecule has 5 nitrogen and oxygen atoms in total. The van der Waals surface area contributed by atoms with Gasteiger partial charge in [0.2, 0.25) is 5.88 Å². The number of nitrogens with one attached hydrogen (secondary N) is 1. The highest BCUT2D eigenvalue weighted by Crippen LogP contribution is 2.23. The van der Waals surface area contributed by atoms with E-state index < -0.39 is 6.61 Å². The van der Waals surface area contributed by atoms with Gasteiger partial charge < -0.3 is 14.8 Å². The Morgan fingerprint density at radius 1 is 1.27 bits per heavy atom. The molecule has 0 aliphatic carbocycles. The molecule has 22 heavy (non-hydrogen) atoms. The Kier molecular flexibility index (Phi) is 5.46. The third-order valence-electron chi connectivity index (χ3n) is 2.80. The molecule has 118 valence electrons. The van der Waals surface area contributed by atoms with E-state index in [1.165, 1.54) is 18.5 Å². The van der Waals surface area contributed by atoms with Crippen molar-refractivity contribution in [3.63, 3.8) is 0 Å². The van der Waals surface area contributed by atoms with Crippen LogP contribution in [0.3, 0.4) is 0 Å². The SMILES string of the molecule is CCOc1cncc(NCc2cc(C)ccc2OC(F)F)n1. The fraction of sp³-hybridized carbons (Fsp3) is 0.333. The topological polar surface area (TPSA) is 56.3 Å². The molecule has 7 heteroatoms. The standard InChI is InChI=1S/C15H17F2N3O2/c1-3-21-14-9-18-8-13(20-14)19-7-11-6-10(2)4-5-12(11)22-15(16)17/h4-6,8-9,15H,3,7H2,1-2H3,(H,19,20). The Hall–Kier alpha value is -2.44. The zero-order valence-electron chi connectivity index (χ0n) is 12.3. The van der Waals surface area contributed by atoms with Crippen LogP contribution in [0.25, 0.3) is 0 Å². The predicted molar refractivity (Wildman–Crippen MR) is 78.3 cm³/mol. The van der Waals surface area contributed by atoms with E-state index in [0.29, 0.717) is 23.9 Å². The average Bonchev–Trinajstić information content (AvgIpc) is 2.48. The Balaban J connectivity index is 2.10. The highest BCUT2D eigenvalue weighted by molar-refractivity contribution is 5.41. The summed E-state index contributed by atoms with van der Waals surface area (Å²) in [5.41, 5.74) is 1.57. The van der Waals surface area contributed by atoms with Gasteiger partial charge in [0.25, 0.3) is 0 Å². The normalized spacial score (nSPS) is 10.6. The second kappa shape index (κ2) is 7.53. The maximum atomic E-state index is 12.4. The van der Waals surface area contributed by atoms with Crippen molar-refractivity contribution in [3.05, 3.63) is 41.7 Å². The number of alkyl halides is 2. The Bertz CT molecular complexity index is 623. The summed E-state index contributed by atoms with van der Waals surface area (Å²) in [6.45, 7) is 1.65. The molecule has 0 bridgehead atoms. The van der Waals surface area contributed by atoms with Crippen LogP contribution >= 0.6 is 0 Å². The molecule has 0 spiro atoms. The molecule has 0 atom stereocenters. The number of benzene rings is 1. The summed E-state index contributed by atoms with van der Waals surface area (Å²) >= 11 is 0. The van der Waals surface area contributed by atoms with Crippen molar-refractivity contribution in [2.75, 3.05) is 11.9 Å². The molecule has 1 aromatic carbocycles. The molecule has 0 unspecified atom stereocenters. The lowest BCUT2D eigenvalue weighted by atomic mass is 10.1. The zero-order valence-corrected chi connectivity index (χ0v) is 12.3. The Labute approximate surface area is 127 Å². The van der Waals surface area contributed by atoms with Gasteiger partial charge in [-0.05, 0) is 19.9 Å². The quantitative estimate of drug-likeness (QED) is 0.849. The zero-order chi connectivity index (χ0) is 15.9. The van der Waals surface area contributed by atoms with Crippen LogP contribution in [0, 0.1) is 6.92 Å². The summed E-state index contributed by atoms with van der Waals surface area (Å²) < 4.78 is 34.6. The van der Waals surface area contributed by atoms with Crippen LogP contribution in [0.1, 0.15) is 18.1 Å². The maximum Gasteiger partial charge on any atom is 0.387 e. The molecule has 0 aliphatic rings. The number of anilines is 1. The monoisotopic (exact) mass is 309 g/mol. The van der Waals surface area contributed by atoms with Gasteiger partial charge in [0.05, 0.1) is 19.0 Å². The van der Waals surface area contributed by atoms with E-state index >= 15 is 0 Å². The van der Waals surface area contributed by atoms with Crippen molar-refractivity contribution in [2.45, 2.75) is 27.0 Å². The first-order valence-electron chi connectivity index (χ1n) is 6.81. The van der Waals surface area contributed by atoms with E-state index in [1.54, 1.807) is 12.1 Å². The van der Waals surface area contributed by atoms with Crippen LogP contribution in [0.2, 0.25) is 0 Å². The molecule has 1 heterocycles. The molecule has 0 fully saturated rings. The second-order valence-corrected chi connectivity index (χ2v) is 4.52. The van der Waals surface area contributed by atoms with E-state index in [9.17, 15) is 8.78 Å². The molecule has 2 aromatic rings. The molecule has 1 aromatic heterocycles. The Morgan fingerprint density at radius 3 is 2.82 bits per heavy atom. The van der Waals surface area contributed by atoms with Crippen molar-refractivity contribution < 1.29 is 18.3 Å². The molecule has 0 saturated carbocycles. The van der Waals surface area contributed by atoms with Crippen molar-refractivity contribution in [1.29, 1.82) is 0 Å². The lowest BCUT2D eigenvalue weighted by Gasteiger charge is -2.13. The summed E-state index contributed by atoms with van der Waals surface area (Å²) in [7, 11) is 0. The molecule has 0 amide bonds. The first-order valence-corrected chi connectivity index (χ1v) is 6.81. The average molecular weight is 309 g/mol. The number of hydrogen-bond acceptors (Lipinski definition) is 5. The number of rotatable bonds is 7. The lowest BCUT2D eigenvalue weighted by Crippen LogP contribution is -2.08. The summed E-state index contributed by atoms with van der Waals surface area (Å²) in [4.78, 5) is 8.21. The van der Waals surface area contributed by atoms with E-state index in [-0.39, 0.29) is 12.3 Å². The van der Waals surface area contributed by atoms with Crippen molar-refractivity contribution >= 4 is 5.82 Å². The van der Waals surface area contributed by atoms with Gasteiger partial charge in [-0.25, -0.2) is 0 Å². The number of aryl methyl sites for hydroxylation is 1. The van der Waals surface area contributed by atoms with Gasteiger partial charge in [0.1, 0.15) is 11.6 Å². The van der Waals surface area contributed by atoms with E-state index in [0.717, 1.165) is 5.56 Å². The number of halogens is 2. The lowest BCUT2D eigenvalue weighted by molar-refractivity contribution is -0.0504. The number of ether oxygens (including phenoxy) is 2. The van der Waals surface area contributed by atoms with Gasteiger partial charge in [-0.3, -0.25) is 4.98 Å². The van der Waals surface area contributed by atoms with Gasteiger partial charge >= 0.3 is 6.61 Å². The maximum absolute atomic E-state index is 12.4. The molecular formula is C15H17F2N3O2. The van der Waals surface area contributed by atoms with E-state index in [2.05, 4.69) is 20.0 Å². The minimum absolute atomic E-state index is 0.141. The van der Waals surface area contributed by atoms with Gasteiger partial charge in [-0.2, -0.15) is 13.8 Å². The highest BCUT2D eigenvalue weighted by Gasteiger charge is 2.10. The van der Waals surface area contributed by atoms with E-state index in [1.807, 2.05) is 13.8 Å². The predicted octanol–water partition coefficient (Wildman–Crippen LogP) is 3.40. The minimum atomic E-state index is -2.86. The number of nitrogens with zero attached hydrogens (tertiary/aromatic N) is 2. The smallest absolute Gasteiger partial charge is 0.387 e. The highest BCUT2D eigenvalue weighted by atomic mass is 19.3. The van der Waals surface area contributed by atoms with Crippen LogP contribution < -0.4 is 14.8 Å². The first kappa shape index (κ1) is 15.9. The fourth-order valence-corrected chi connectivity index (χ4v) is 1.89. The molecule has 2 rings (SSSR count). The van der Waals surface area contributed by atoms with Crippen molar-refractivity contribution in [1.82, 2.24) is 9.97 Å². The van der Waals surface area contributed by atoms with Crippen LogP contribution in [0.15, 0.2) is 30.6 Å². The molecule has 0 aliphatic heterocycles. The fourth-order valence-electron chi connectivity index (χ4n) is 1.89. The second-order valence-electron chi connectivity index (χ2n) is 4.52. The van der Waals surface area contributed by atoms with Gasteiger partial charge in [0, 0.05) is 12.1 Å². The van der Waals surface area contributed by atoms with Crippen molar-refractivity contribution in [2.24, 2.45) is 0 Å². The summed E-state index contributed by atoms with van der Waals surface area (Å²) in [6, 6.07) is 5.03. The summed E-state index contributed by atoms with van der Waals surface area (Å²) in [5.74, 6) is 1.04. The third kappa shape index (κ3) is 4.54. The van der Waals surface area contributed by atoms with Crippen LogP contribution in [-0.4, -0.2) is 23.2 Å². The first-order chi connectivity index (χ1) is 10.6.